The van der Waals surface area contributed by atoms with Crippen LogP contribution in [0.3, 0.4) is 0 Å². The molecule has 2 fully saturated rings. The predicted molar refractivity (Wildman–Crippen MR) is 75.1 cm³/mol. The van der Waals surface area contributed by atoms with Crippen molar-refractivity contribution in [2.75, 3.05) is 39.3 Å². The van der Waals surface area contributed by atoms with Crippen molar-refractivity contribution in [1.29, 1.82) is 0 Å². The Morgan fingerprint density at radius 3 is 2.47 bits per heavy atom. The molecular formula is C14H27N3O2. The summed E-state index contributed by atoms with van der Waals surface area (Å²) in [6.45, 7) is 7.33. The minimum absolute atomic E-state index is 0.139. The normalized spacial score (nSPS) is 23.4. The molecule has 19 heavy (non-hydrogen) atoms. The molecule has 0 aromatic heterocycles. The molecule has 0 unspecified atom stereocenters. The largest absolute Gasteiger partial charge is 0.375 e. The van der Waals surface area contributed by atoms with Gasteiger partial charge in [-0.15, -0.1) is 0 Å². The summed E-state index contributed by atoms with van der Waals surface area (Å²) in [6.07, 6.45) is 5.24. The first-order chi connectivity index (χ1) is 9.28. The van der Waals surface area contributed by atoms with E-state index in [1.807, 2.05) is 6.92 Å². The fourth-order valence-corrected chi connectivity index (χ4v) is 2.86. The molecule has 1 amide bonds. The molecule has 0 bridgehead atoms. The van der Waals surface area contributed by atoms with E-state index in [1.54, 1.807) is 0 Å². The average molecular weight is 269 g/mol. The Labute approximate surface area is 116 Å². The zero-order valence-electron chi connectivity index (χ0n) is 12.0. The average Bonchev–Trinajstić information content (AvgIpc) is 2.42. The quantitative estimate of drug-likeness (QED) is 0.756. The van der Waals surface area contributed by atoms with Crippen LogP contribution in [0.5, 0.6) is 0 Å². The van der Waals surface area contributed by atoms with Crippen molar-refractivity contribution in [2.45, 2.75) is 44.8 Å². The van der Waals surface area contributed by atoms with E-state index in [0.29, 0.717) is 25.3 Å². The van der Waals surface area contributed by atoms with E-state index < -0.39 is 0 Å². The molecule has 5 nitrogen and oxygen atoms in total. The molecule has 2 N–H and O–H groups in total. The van der Waals surface area contributed by atoms with E-state index in [0.717, 1.165) is 51.9 Å². The third kappa shape index (κ3) is 5.09. The molecule has 0 aromatic rings. The summed E-state index contributed by atoms with van der Waals surface area (Å²) in [6, 6.07) is 0. The van der Waals surface area contributed by atoms with Crippen LogP contribution in [0, 0.1) is 0 Å². The number of nitrogens with one attached hydrogen (secondary N) is 2. The molecule has 2 rings (SSSR count). The highest BCUT2D eigenvalue weighted by Gasteiger charge is 2.24. The second-order valence-corrected chi connectivity index (χ2v) is 5.51. The molecule has 0 radical (unpaired) electrons. The molecule has 2 heterocycles. The van der Waals surface area contributed by atoms with Gasteiger partial charge < -0.3 is 15.4 Å². The highest BCUT2D eigenvalue weighted by atomic mass is 16.5. The van der Waals surface area contributed by atoms with E-state index >= 15 is 0 Å². The van der Waals surface area contributed by atoms with Crippen molar-refractivity contribution in [3.05, 3.63) is 0 Å². The lowest BCUT2D eigenvalue weighted by Crippen LogP contribution is -2.44. The first-order valence-corrected chi connectivity index (χ1v) is 7.63. The summed E-state index contributed by atoms with van der Waals surface area (Å²) in [5, 5.41) is 6.21. The molecule has 2 aliphatic rings. The van der Waals surface area contributed by atoms with Crippen molar-refractivity contribution in [1.82, 2.24) is 15.5 Å². The van der Waals surface area contributed by atoms with Crippen LogP contribution >= 0.6 is 0 Å². The number of likely N-dealkylation sites (N-methyl/N-ethyl adjacent to an activating group) is 1. The minimum Gasteiger partial charge on any atom is -0.375 e. The Morgan fingerprint density at radius 2 is 1.84 bits per heavy atom. The Morgan fingerprint density at radius 1 is 1.21 bits per heavy atom. The maximum absolute atomic E-state index is 11.5. The van der Waals surface area contributed by atoms with Gasteiger partial charge in [0, 0.05) is 19.6 Å². The number of amides is 1. The number of carbonyl (C=O) groups is 1. The number of carbonyl (C=O) groups excluding carboxylic acids is 1. The SMILES string of the molecule is CCNC(=O)CN1CCC(OC2CCNCC2)CC1. The molecular weight excluding hydrogens is 242 g/mol. The Hall–Kier alpha value is -0.650. The summed E-state index contributed by atoms with van der Waals surface area (Å²) < 4.78 is 6.17. The third-order valence-electron chi connectivity index (χ3n) is 3.95. The summed E-state index contributed by atoms with van der Waals surface area (Å²) in [7, 11) is 0. The van der Waals surface area contributed by atoms with Crippen LogP contribution < -0.4 is 10.6 Å². The Bertz CT molecular complexity index is 272. The van der Waals surface area contributed by atoms with Gasteiger partial charge in [-0.2, -0.15) is 0 Å². The van der Waals surface area contributed by atoms with Gasteiger partial charge in [-0.3, -0.25) is 9.69 Å². The van der Waals surface area contributed by atoms with Gasteiger partial charge in [0.1, 0.15) is 0 Å². The van der Waals surface area contributed by atoms with Crippen molar-refractivity contribution in [2.24, 2.45) is 0 Å². The highest BCUT2D eigenvalue weighted by Crippen LogP contribution is 2.18. The number of nitrogens with zero attached hydrogens (tertiary/aromatic N) is 1. The van der Waals surface area contributed by atoms with E-state index in [-0.39, 0.29) is 5.91 Å². The summed E-state index contributed by atoms with van der Waals surface area (Å²) in [4.78, 5) is 13.7. The fraction of sp³-hybridized carbons (Fsp3) is 0.929. The number of piperidine rings is 2. The van der Waals surface area contributed by atoms with E-state index in [9.17, 15) is 4.79 Å². The summed E-state index contributed by atoms with van der Waals surface area (Å²) >= 11 is 0. The molecule has 0 atom stereocenters. The van der Waals surface area contributed by atoms with Crippen LogP contribution in [0.1, 0.15) is 32.6 Å². The van der Waals surface area contributed by atoms with E-state index in [1.165, 1.54) is 0 Å². The van der Waals surface area contributed by atoms with Gasteiger partial charge in [-0.05, 0) is 45.7 Å². The van der Waals surface area contributed by atoms with Crippen LogP contribution in [0.25, 0.3) is 0 Å². The van der Waals surface area contributed by atoms with Crippen LogP contribution in [0.4, 0.5) is 0 Å². The minimum atomic E-state index is 0.139. The number of hydrogen-bond donors (Lipinski definition) is 2. The van der Waals surface area contributed by atoms with Gasteiger partial charge >= 0.3 is 0 Å². The lowest BCUT2D eigenvalue weighted by molar-refractivity contribution is -0.123. The number of ether oxygens (including phenoxy) is 1. The number of hydrogen-bond acceptors (Lipinski definition) is 4. The monoisotopic (exact) mass is 269 g/mol. The lowest BCUT2D eigenvalue weighted by atomic mass is 10.1. The van der Waals surface area contributed by atoms with Gasteiger partial charge in [-0.25, -0.2) is 0 Å². The van der Waals surface area contributed by atoms with Crippen LogP contribution in [0.15, 0.2) is 0 Å². The van der Waals surface area contributed by atoms with Gasteiger partial charge in [0.25, 0.3) is 0 Å². The number of rotatable bonds is 5. The Kier molecular flexibility index (Phi) is 6.07. The summed E-state index contributed by atoms with van der Waals surface area (Å²) in [5.41, 5.74) is 0. The molecule has 5 heteroatoms. The molecule has 0 aliphatic carbocycles. The molecule has 2 aliphatic heterocycles. The second-order valence-electron chi connectivity index (χ2n) is 5.51. The molecule has 0 aromatic carbocycles. The van der Waals surface area contributed by atoms with E-state index in [4.69, 9.17) is 4.74 Å². The van der Waals surface area contributed by atoms with Crippen molar-refractivity contribution >= 4 is 5.91 Å². The zero-order chi connectivity index (χ0) is 13.5. The first-order valence-electron chi connectivity index (χ1n) is 7.63. The fourth-order valence-electron chi connectivity index (χ4n) is 2.86. The van der Waals surface area contributed by atoms with Gasteiger partial charge in [0.15, 0.2) is 0 Å². The van der Waals surface area contributed by atoms with E-state index in [2.05, 4.69) is 15.5 Å². The smallest absolute Gasteiger partial charge is 0.234 e. The zero-order valence-corrected chi connectivity index (χ0v) is 12.0. The van der Waals surface area contributed by atoms with Crippen molar-refractivity contribution < 1.29 is 9.53 Å². The standard InChI is InChI=1S/C14H27N3O2/c1-2-16-14(18)11-17-9-5-13(6-10-17)19-12-3-7-15-8-4-12/h12-13,15H,2-11H2,1H3,(H,16,18). The van der Waals surface area contributed by atoms with Gasteiger partial charge in [-0.1, -0.05) is 0 Å². The maximum atomic E-state index is 11.5. The second kappa shape index (κ2) is 7.82. The lowest BCUT2D eigenvalue weighted by Gasteiger charge is -2.34. The van der Waals surface area contributed by atoms with Gasteiger partial charge in [0.2, 0.25) is 5.91 Å². The van der Waals surface area contributed by atoms with Gasteiger partial charge in [0.05, 0.1) is 18.8 Å². The summed E-state index contributed by atoms with van der Waals surface area (Å²) in [5.74, 6) is 0.139. The van der Waals surface area contributed by atoms with Crippen LogP contribution in [-0.4, -0.2) is 62.3 Å². The molecule has 2 saturated heterocycles. The van der Waals surface area contributed by atoms with Crippen molar-refractivity contribution in [3.8, 4) is 0 Å². The molecule has 0 saturated carbocycles. The molecule has 110 valence electrons. The number of likely N-dealkylation sites (tertiary alicyclic amines) is 1. The maximum Gasteiger partial charge on any atom is 0.234 e. The topological polar surface area (TPSA) is 53.6 Å². The Balaban J connectivity index is 1.63. The van der Waals surface area contributed by atoms with Crippen LogP contribution in [-0.2, 0) is 9.53 Å². The predicted octanol–water partition coefficient (Wildman–Crippen LogP) is 0.356. The first kappa shape index (κ1) is 14.8. The highest BCUT2D eigenvalue weighted by molar-refractivity contribution is 5.77. The van der Waals surface area contributed by atoms with Crippen molar-refractivity contribution in [3.63, 3.8) is 0 Å². The molecule has 0 spiro atoms. The van der Waals surface area contributed by atoms with Crippen LogP contribution in [0.2, 0.25) is 0 Å². The third-order valence-corrected chi connectivity index (χ3v) is 3.95.